The molecule has 0 aliphatic rings. The molecule has 0 saturated carbocycles. The summed E-state index contributed by atoms with van der Waals surface area (Å²) in [6.45, 7) is 6.80. The largest absolute Gasteiger partial charge is 0.377 e. The number of aryl methyl sites for hydroxylation is 1. The third-order valence-corrected chi connectivity index (χ3v) is 5.14. The van der Waals surface area contributed by atoms with Crippen molar-refractivity contribution in [1.29, 1.82) is 0 Å². The van der Waals surface area contributed by atoms with E-state index in [2.05, 4.69) is 79.6 Å². The van der Waals surface area contributed by atoms with Crippen molar-refractivity contribution in [1.82, 2.24) is 15.0 Å². The summed E-state index contributed by atoms with van der Waals surface area (Å²) in [4.78, 5) is 14.0. The quantitative estimate of drug-likeness (QED) is 0.431. The van der Waals surface area contributed by atoms with Crippen LogP contribution >= 0.6 is 0 Å². The SMILES string of the molecule is COCc1nc(Nc2ccc(C(C)C)cc2)c2ccc(-c3ncccc3C)cc2n1. The molecule has 2 aromatic carbocycles. The molecule has 0 aliphatic carbocycles. The zero-order valence-electron chi connectivity index (χ0n) is 17.8. The molecule has 30 heavy (non-hydrogen) atoms. The summed E-state index contributed by atoms with van der Waals surface area (Å²) in [5.74, 6) is 1.91. The highest BCUT2D eigenvalue weighted by Gasteiger charge is 2.11. The monoisotopic (exact) mass is 398 g/mol. The number of methoxy groups -OCH3 is 1. The van der Waals surface area contributed by atoms with Gasteiger partial charge in [-0.2, -0.15) is 0 Å². The average molecular weight is 399 g/mol. The minimum absolute atomic E-state index is 0.351. The second-order valence-corrected chi connectivity index (χ2v) is 7.72. The van der Waals surface area contributed by atoms with Gasteiger partial charge in [0.1, 0.15) is 12.4 Å². The number of hydrogen-bond acceptors (Lipinski definition) is 5. The van der Waals surface area contributed by atoms with Crippen LogP contribution in [-0.2, 0) is 11.3 Å². The van der Waals surface area contributed by atoms with Gasteiger partial charge in [-0.05, 0) is 54.3 Å². The summed E-state index contributed by atoms with van der Waals surface area (Å²) >= 11 is 0. The van der Waals surface area contributed by atoms with E-state index < -0.39 is 0 Å². The average Bonchev–Trinajstić information content (AvgIpc) is 2.74. The lowest BCUT2D eigenvalue weighted by Gasteiger charge is -2.13. The van der Waals surface area contributed by atoms with E-state index in [0.717, 1.165) is 39.2 Å². The first-order chi connectivity index (χ1) is 14.5. The first-order valence-corrected chi connectivity index (χ1v) is 10.1. The van der Waals surface area contributed by atoms with Crippen LogP contribution in [0.4, 0.5) is 11.5 Å². The molecular formula is C25H26N4O. The Labute approximate surface area is 177 Å². The van der Waals surface area contributed by atoms with Crippen LogP contribution in [0.25, 0.3) is 22.2 Å². The lowest BCUT2D eigenvalue weighted by atomic mass is 10.0. The molecular weight excluding hydrogens is 372 g/mol. The Morgan fingerprint density at radius 1 is 1.00 bits per heavy atom. The zero-order chi connectivity index (χ0) is 21.1. The van der Waals surface area contributed by atoms with E-state index >= 15 is 0 Å². The Bertz CT molecular complexity index is 1170. The van der Waals surface area contributed by atoms with Gasteiger partial charge in [-0.1, -0.05) is 38.1 Å². The van der Waals surface area contributed by atoms with Crippen LogP contribution in [0, 0.1) is 6.92 Å². The molecule has 0 saturated heterocycles. The minimum atomic E-state index is 0.351. The van der Waals surface area contributed by atoms with Gasteiger partial charge in [0.05, 0.1) is 11.2 Å². The fourth-order valence-corrected chi connectivity index (χ4v) is 3.49. The van der Waals surface area contributed by atoms with Gasteiger partial charge in [0, 0.05) is 29.9 Å². The summed E-state index contributed by atoms with van der Waals surface area (Å²) in [6.07, 6.45) is 1.82. The number of aromatic nitrogens is 3. The first-order valence-electron chi connectivity index (χ1n) is 10.1. The van der Waals surface area contributed by atoms with Crippen molar-refractivity contribution in [3.05, 3.63) is 77.7 Å². The molecule has 5 heteroatoms. The number of benzene rings is 2. The number of nitrogens with zero attached hydrogens (tertiary/aromatic N) is 3. The third kappa shape index (κ3) is 4.16. The van der Waals surface area contributed by atoms with Crippen LogP contribution in [-0.4, -0.2) is 22.1 Å². The third-order valence-electron chi connectivity index (χ3n) is 5.14. The number of ether oxygens (including phenoxy) is 1. The number of fused-ring (bicyclic) bond motifs is 1. The van der Waals surface area contributed by atoms with Gasteiger partial charge < -0.3 is 10.1 Å². The summed E-state index contributed by atoms with van der Waals surface area (Å²) in [5, 5.41) is 4.42. The lowest BCUT2D eigenvalue weighted by Crippen LogP contribution is -2.03. The first kappa shape index (κ1) is 20.0. The van der Waals surface area contributed by atoms with Crippen LogP contribution in [0.15, 0.2) is 60.8 Å². The van der Waals surface area contributed by atoms with Gasteiger partial charge in [0.25, 0.3) is 0 Å². The van der Waals surface area contributed by atoms with Gasteiger partial charge >= 0.3 is 0 Å². The molecule has 4 aromatic rings. The maximum absolute atomic E-state index is 5.29. The van der Waals surface area contributed by atoms with Crippen molar-refractivity contribution in [3.63, 3.8) is 0 Å². The normalized spacial score (nSPS) is 11.2. The number of hydrogen-bond donors (Lipinski definition) is 1. The van der Waals surface area contributed by atoms with Crippen LogP contribution < -0.4 is 5.32 Å². The number of nitrogens with one attached hydrogen (secondary N) is 1. The van der Waals surface area contributed by atoms with Gasteiger partial charge in [-0.15, -0.1) is 0 Å². The Morgan fingerprint density at radius 2 is 1.80 bits per heavy atom. The maximum atomic E-state index is 5.29. The standard InChI is InChI=1S/C25H26N4O/c1-16(2)18-7-10-20(11-8-18)27-25-21-12-9-19(24-17(3)6-5-13-26-24)14-22(21)28-23(29-25)15-30-4/h5-14,16H,15H2,1-4H3,(H,27,28,29). The van der Waals surface area contributed by atoms with Gasteiger partial charge in [0.15, 0.2) is 5.82 Å². The fourth-order valence-electron chi connectivity index (χ4n) is 3.49. The predicted molar refractivity (Wildman–Crippen MR) is 122 cm³/mol. The fraction of sp³-hybridized carbons (Fsp3) is 0.240. The predicted octanol–water partition coefficient (Wildman–Crippen LogP) is 6.01. The molecule has 0 bridgehead atoms. The van der Waals surface area contributed by atoms with E-state index in [0.29, 0.717) is 18.3 Å². The Morgan fingerprint density at radius 3 is 2.50 bits per heavy atom. The van der Waals surface area contributed by atoms with E-state index in [9.17, 15) is 0 Å². The molecule has 0 unspecified atom stereocenters. The topological polar surface area (TPSA) is 59.9 Å². The van der Waals surface area contributed by atoms with Crippen molar-refractivity contribution >= 4 is 22.4 Å². The van der Waals surface area contributed by atoms with Crippen LogP contribution in [0.5, 0.6) is 0 Å². The Hall–Kier alpha value is -3.31. The molecule has 0 amide bonds. The second kappa shape index (κ2) is 8.59. The molecule has 2 aromatic heterocycles. The van der Waals surface area contributed by atoms with E-state index in [1.54, 1.807) is 7.11 Å². The zero-order valence-corrected chi connectivity index (χ0v) is 17.8. The summed E-state index contributed by atoms with van der Waals surface area (Å²) in [6, 6.07) is 18.7. The van der Waals surface area contributed by atoms with Crippen molar-refractivity contribution in [2.75, 3.05) is 12.4 Å². The summed E-state index contributed by atoms with van der Waals surface area (Å²) in [5.41, 5.74) is 6.29. The van der Waals surface area contributed by atoms with Gasteiger partial charge in [0.2, 0.25) is 0 Å². The number of pyridine rings is 1. The highest BCUT2D eigenvalue weighted by Crippen LogP contribution is 2.29. The summed E-state index contributed by atoms with van der Waals surface area (Å²) < 4.78 is 5.29. The molecule has 1 N–H and O–H groups in total. The van der Waals surface area contributed by atoms with Crippen LogP contribution in [0.3, 0.4) is 0 Å². The Kier molecular flexibility index (Phi) is 5.72. The van der Waals surface area contributed by atoms with Gasteiger partial charge in [-0.25, -0.2) is 9.97 Å². The van der Waals surface area contributed by atoms with E-state index in [-0.39, 0.29) is 0 Å². The van der Waals surface area contributed by atoms with E-state index in [4.69, 9.17) is 14.7 Å². The highest BCUT2D eigenvalue weighted by atomic mass is 16.5. The van der Waals surface area contributed by atoms with Crippen LogP contribution in [0.1, 0.15) is 36.7 Å². The minimum Gasteiger partial charge on any atom is -0.377 e. The Balaban J connectivity index is 1.77. The highest BCUT2D eigenvalue weighted by molar-refractivity contribution is 5.93. The molecule has 152 valence electrons. The molecule has 0 radical (unpaired) electrons. The second-order valence-electron chi connectivity index (χ2n) is 7.72. The molecule has 0 fully saturated rings. The van der Waals surface area contributed by atoms with Crippen molar-refractivity contribution in [2.45, 2.75) is 33.3 Å². The van der Waals surface area contributed by atoms with Crippen molar-refractivity contribution in [3.8, 4) is 11.3 Å². The van der Waals surface area contributed by atoms with Gasteiger partial charge in [-0.3, -0.25) is 4.98 Å². The van der Waals surface area contributed by atoms with Crippen molar-refractivity contribution < 1.29 is 4.74 Å². The van der Waals surface area contributed by atoms with Crippen molar-refractivity contribution in [2.24, 2.45) is 0 Å². The molecule has 5 nitrogen and oxygen atoms in total. The van der Waals surface area contributed by atoms with Crippen LogP contribution in [0.2, 0.25) is 0 Å². The molecule has 2 heterocycles. The molecule has 0 spiro atoms. The molecule has 0 aliphatic heterocycles. The van der Waals surface area contributed by atoms with E-state index in [1.807, 2.05) is 12.3 Å². The van der Waals surface area contributed by atoms with E-state index in [1.165, 1.54) is 5.56 Å². The number of anilines is 2. The smallest absolute Gasteiger partial charge is 0.157 e. The number of rotatable bonds is 6. The molecule has 0 atom stereocenters. The molecule has 4 rings (SSSR count). The lowest BCUT2D eigenvalue weighted by molar-refractivity contribution is 0.178. The maximum Gasteiger partial charge on any atom is 0.157 e. The summed E-state index contributed by atoms with van der Waals surface area (Å²) in [7, 11) is 1.65.